The second kappa shape index (κ2) is 45.9. The van der Waals surface area contributed by atoms with E-state index in [1.54, 1.807) is 97.0 Å². The smallest absolute Gasteiger partial charge is 0.793 e. The third kappa shape index (κ3) is 33.0. The van der Waals surface area contributed by atoms with Crippen LogP contribution >= 0.6 is 15.0 Å². The van der Waals surface area contributed by atoms with Crippen molar-refractivity contribution >= 4 is 79.2 Å². The number of cyclic esters (lactones) is 2. The average Bonchev–Trinajstić information content (AvgIpc) is 1.69. The molecule has 0 bridgehead atoms. The first-order chi connectivity index (χ1) is 46.9. The number of benzene rings is 4. The van der Waals surface area contributed by atoms with Crippen LogP contribution in [0.3, 0.4) is 0 Å². The van der Waals surface area contributed by atoms with E-state index in [2.05, 4.69) is 64.5 Å². The summed E-state index contributed by atoms with van der Waals surface area (Å²) in [7, 11) is -3.66. The number of hydrogen-bond acceptors (Lipinski definition) is 23. The standard InChI is InChI=1S/C30H41N2O7P.C21H30O4Si.C14H23N2O4P.C4H6O4.C2H3BO2.Na/c1-7-24-21(5)26-18-37-30(35)27(26)28(33)25(24)14-13-20(4)17-31-15-16-40(36,39-23-11-9-8-10-12-23)32-22(6)29(34)38-19(2)3;1-7-16-15(3)18-13-25-21(23)19(18)20(24-10-11-26(4,5)6)17(16)9-8-14(2)12-22;1-11(2)19-14(17)12(3)16-21(18,10-9-15)20-13-7-5-4-6-8-13;1-3(5)7-8-4(2)6;1-2(4)5-3;/h8-13,19,22,31,33H,7,14-18H2,1-6H3,(H,32,36);8,12H,7,9-11,13H2,1-6H3;4-8,11-12H,9-10,15H2,1-3H3,(H,16,18);1-2H3;1H3;/q;;;;-1;+1/b20-13+;14-8+;;;;/t22-,40?;;12-,21?;;;/m0.0.../s1. The Hall–Kier alpha value is -6.90. The van der Waals surface area contributed by atoms with Gasteiger partial charge in [0.1, 0.15) is 65.7 Å². The van der Waals surface area contributed by atoms with Gasteiger partial charge in [0, 0.05) is 70.7 Å². The molecule has 2 unspecified atom stereocenters. The number of rotatable bonds is 30. The van der Waals surface area contributed by atoms with Crippen molar-refractivity contribution in [3.05, 3.63) is 140 Å². The number of allylic oxidation sites excluding steroid dienone is 3. The van der Waals surface area contributed by atoms with E-state index in [0.29, 0.717) is 67.5 Å². The number of ether oxygens (including phenoxy) is 5. The van der Waals surface area contributed by atoms with Crippen LogP contribution in [0.2, 0.25) is 25.7 Å². The maximum Gasteiger partial charge on any atom is 1.00 e. The molecule has 30 heteroatoms. The second-order valence-electron chi connectivity index (χ2n) is 25.1. The molecule has 2 aliphatic heterocycles. The molecule has 6 N–H and O–H groups in total. The van der Waals surface area contributed by atoms with Gasteiger partial charge in [-0.3, -0.25) is 28.3 Å². The van der Waals surface area contributed by atoms with Crippen molar-refractivity contribution in [2.24, 2.45) is 5.73 Å². The van der Waals surface area contributed by atoms with Crippen molar-refractivity contribution in [1.82, 2.24) is 15.5 Å². The van der Waals surface area contributed by atoms with Crippen LogP contribution in [0.1, 0.15) is 155 Å². The van der Waals surface area contributed by atoms with Crippen molar-refractivity contribution in [2.45, 2.75) is 193 Å². The molecule has 0 amide bonds. The third-order valence-corrected chi connectivity index (χ3v) is 20.5. The molecule has 2 aliphatic rings. The molecule has 0 fully saturated rings. The molecule has 2 heterocycles. The fraction of sp³-hybridized carbons (Fsp3) is 0.493. The average molecular weight is 1470 g/mol. The molecule has 4 aromatic carbocycles. The first kappa shape index (κ1) is 92.1. The molecule has 0 saturated heterocycles. The Bertz CT molecular complexity index is 3560. The molecule has 4 aromatic rings. The quantitative estimate of drug-likeness (QED) is 0.00311. The van der Waals surface area contributed by atoms with Gasteiger partial charge in [0.25, 0.3) is 0 Å². The van der Waals surface area contributed by atoms with E-state index < -0.39 is 71.0 Å². The number of phenols is 1. The van der Waals surface area contributed by atoms with E-state index in [0.717, 1.165) is 83.5 Å². The molecule has 0 spiro atoms. The van der Waals surface area contributed by atoms with Gasteiger partial charge in [-0.2, -0.15) is 0 Å². The second-order valence-corrected chi connectivity index (χ2v) is 35.2. The van der Waals surface area contributed by atoms with Crippen LogP contribution < -0.4 is 64.6 Å². The molecule has 4 atom stereocenters. The van der Waals surface area contributed by atoms with Gasteiger partial charge in [0.2, 0.25) is 5.97 Å². The number of nitrogens with one attached hydrogen (secondary N) is 3. The molecule has 3 radical (unpaired) electrons. The minimum Gasteiger partial charge on any atom is -0.793 e. The van der Waals surface area contributed by atoms with Gasteiger partial charge in [0.05, 0.1) is 31.1 Å². The van der Waals surface area contributed by atoms with E-state index in [1.807, 2.05) is 52.0 Å². The van der Waals surface area contributed by atoms with Crippen LogP contribution in [0.5, 0.6) is 23.0 Å². The number of aldehydes is 1. The number of aromatic hydroxyl groups is 1. The monoisotopic (exact) mass is 1470 g/mol. The summed E-state index contributed by atoms with van der Waals surface area (Å²) in [6, 6.07) is 17.1. The fourth-order valence-electron chi connectivity index (χ4n) is 9.68. The van der Waals surface area contributed by atoms with Crippen molar-refractivity contribution in [2.75, 3.05) is 38.6 Å². The predicted octanol–water partition coefficient (Wildman–Crippen LogP) is 8.66. The van der Waals surface area contributed by atoms with Gasteiger partial charge in [0.15, 0.2) is 0 Å². The number of hydrogen-bond donors (Lipinski definition) is 5. The summed E-state index contributed by atoms with van der Waals surface area (Å²) in [6.45, 7) is 34.7. The van der Waals surface area contributed by atoms with Crippen LogP contribution in [-0.4, -0.2) is 132 Å². The van der Waals surface area contributed by atoms with Gasteiger partial charge < -0.3 is 61.6 Å². The Morgan fingerprint density at radius 3 is 1.50 bits per heavy atom. The molecule has 101 heavy (non-hydrogen) atoms. The topological polar surface area (TPSA) is 345 Å². The molecule has 6 rings (SSSR count). The summed E-state index contributed by atoms with van der Waals surface area (Å²) in [5.74, 6) is -1.92. The first-order valence-electron chi connectivity index (χ1n) is 33.0. The number of phenolic OH excluding ortho intramolecular Hbond substituents is 1. The number of para-hydroxylation sites is 2. The summed E-state index contributed by atoms with van der Waals surface area (Å²) in [5.41, 5.74) is 15.9. The first-order valence-corrected chi connectivity index (χ1v) is 40.3. The van der Waals surface area contributed by atoms with E-state index in [-0.39, 0.29) is 84.5 Å². The van der Waals surface area contributed by atoms with E-state index in [1.165, 1.54) is 12.5 Å². The Balaban J connectivity index is 0.000000721. The van der Waals surface area contributed by atoms with Crippen LogP contribution in [0.15, 0.2) is 84.0 Å². The normalized spacial score (nSPS) is 13.9. The molecule has 0 aromatic heterocycles. The van der Waals surface area contributed by atoms with Gasteiger partial charge in [-0.1, -0.05) is 87.6 Å². The van der Waals surface area contributed by atoms with Gasteiger partial charge in [-0.05, 0) is 153 Å². The predicted molar refractivity (Wildman–Crippen MR) is 385 cm³/mol. The summed E-state index contributed by atoms with van der Waals surface area (Å²) < 4.78 is 68.5. The van der Waals surface area contributed by atoms with Gasteiger partial charge >= 0.3 is 80.4 Å². The number of carbonyl (C=O) groups is 8. The van der Waals surface area contributed by atoms with Crippen molar-refractivity contribution < 1.29 is 129 Å². The Kier molecular flexibility index (Phi) is 41.9. The maximum absolute atomic E-state index is 13.7. The Morgan fingerprint density at radius 2 is 1.09 bits per heavy atom. The fourth-order valence-corrected chi connectivity index (χ4v) is 14.0. The number of carbonyl (C=O) groups excluding carboxylic acids is 8. The Morgan fingerprint density at radius 1 is 0.663 bits per heavy atom. The maximum atomic E-state index is 13.7. The van der Waals surface area contributed by atoms with E-state index >= 15 is 0 Å². The van der Waals surface area contributed by atoms with Gasteiger partial charge in [-0.15, -0.1) is 0 Å². The summed E-state index contributed by atoms with van der Waals surface area (Å²) >= 11 is 0. The van der Waals surface area contributed by atoms with Crippen LogP contribution in [-0.2, 0) is 110 Å². The number of nitrogens with two attached hydrogens (primary N) is 1. The minimum absolute atomic E-state index is 0. The van der Waals surface area contributed by atoms with Crippen molar-refractivity contribution in [3.63, 3.8) is 0 Å². The zero-order valence-corrected chi connectivity index (χ0v) is 67.0. The van der Waals surface area contributed by atoms with Crippen LogP contribution in [0.4, 0.5) is 0 Å². The molecule has 0 saturated carbocycles. The van der Waals surface area contributed by atoms with Crippen LogP contribution in [0.25, 0.3) is 0 Å². The third-order valence-electron chi connectivity index (χ3n) is 14.6. The summed E-state index contributed by atoms with van der Waals surface area (Å²) in [6.07, 6.45) is 7.14. The van der Waals surface area contributed by atoms with E-state index in [4.69, 9.17) is 38.5 Å². The molecule has 0 aliphatic carbocycles. The molecular formula is C71H103BN4NaO21P2Si. The van der Waals surface area contributed by atoms with Gasteiger partial charge in [-0.25, -0.2) is 39.1 Å². The summed E-state index contributed by atoms with van der Waals surface area (Å²) in [5, 5.41) is 19.8. The zero-order chi connectivity index (χ0) is 75.7. The molecule has 25 nitrogen and oxygen atoms in total. The summed E-state index contributed by atoms with van der Waals surface area (Å²) in [4.78, 5) is 96.5. The number of esters is 4. The number of fused-ring (bicyclic) bond motifs is 2. The zero-order valence-electron chi connectivity index (χ0n) is 62.2. The van der Waals surface area contributed by atoms with E-state index in [9.17, 15) is 52.6 Å². The van der Waals surface area contributed by atoms with Crippen molar-refractivity contribution in [1.29, 1.82) is 0 Å². The van der Waals surface area contributed by atoms with Crippen molar-refractivity contribution in [3.8, 4) is 23.0 Å². The van der Waals surface area contributed by atoms with Crippen LogP contribution in [0, 0.1) is 13.8 Å². The minimum atomic E-state index is -3.46. The molecule has 551 valence electrons. The molecular weight excluding hydrogens is 1370 g/mol. The SMILES string of the molecule is CC(=O)OOC(C)=O.CC(C)OC(=O)[C@H](C)NP(=O)(CCN)Oc1ccccc1.CCc1c(C)c2c(c(O)c1C/C=C(\C)CNCCP(=O)(N[C@@H](C)C(=O)OC(C)C)Oc1ccccc1)C(=O)OC2.CCc1c(C)c2c(c(OCC[Si](C)(C)C)c1C/C=C(\C)C=O)C(=O)OC2.[B-]OC(C)=O.[Na+]. The Labute approximate surface area is 619 Å². The largest absolute Gasteiger partial charge is 1.00 e.